The van der Waals surface area contributed by atoms with Gasteiger partial charge in [-0.15, -0.1) is 0 Å². The smallest absolute Gasteiger partial charge is 0.194 e. The second-order valence-electron chi connectivity index (χ2n) is 8.28. The molecule has 1 aliphatic rings. The molecule has 0 aliphatic heterocycles. The average Bonchev–Trinajstić information content (AvgIpc) is 2.72. The number of rotatable bonds is 1. The molecule has 0 radical (unpaired) electrons. The van der Waals surface area contributed by atoms with Crippen molar-refractivity contribution in [3.63, 3.8) is 0 Å². The Morgan fingerprint density at radius 1 is 0.533 bits per heavy atom. The van der Waals surface area contributed by atoms with Gasteiger partial charge in [-0.25, -0.2) is 0 Å². The zero-order valence-corrected chi connectivity index (χ0v) is 17.6. The van der Waals surface area contributed by atoms with E-state index >= 15 is 0 Å². The van der Waals surface area contributed by atoms with Crippen LogP contribution in [0.25, 0.3) is 21.9 Å². The molecule has 146 valence electrons. The van der Waals surface area contributed by atoms with E-state index in [1.807, 2.05) is 38.1 Å². The first kappa shape index (κ1) is 18.5. The number of hydrogen-bond donors (Lipinski definition) is 0. The Bertz CT molecular complexity index is 1410. The summed E-state index contributed by atoms with van der Waals surface area (Å²) in [6, 6.07) is 20.0. The van der Waals surface area contributed by atoms with Crippen LogP contribution in [-0.2, 0) is 0 Å². The zero-order chi connectivity index (χ0) is 21.2. The van der Waals surface area contributed by atoms with Crippen LogP contribution in [0.15, 0.2) is 60.7 Å². The average molecular weight is 390 g/mol. The Balaban J connectivity index is 1.76. The van der Waals surface area contributed by atoms with Crippen LogP contribution in [0.2, 0.25) is 0 Å². The maximum absolute atomic E-state index is 13.4. The van der Waals surface area contributed by atoms with Crippen LogP contribution in [-0.4, -0.2) is 11.6 Å². The van der Waals surface area contributed by atoms with Crippen molar-refractivity contribution < 1.29 is 9.59 Å². The lowest BCUT2D eigenvalue weighted by molar-refractivity contribution is 0.0978. The first-order valence-electron chi connectivity index (χ1n) is 10.2. The second-order valence-corrected chi connectivity index (χ2v) is 8.28. The van der Waals surface area contributed by atoms with Gasteiger partial charge in [0, 0.05) is 22.3 Å². The van der Waals surface area contributed by atoms with Crippen molar-refractivity contribution in [1.29, 1.82) is 0 Å². The molecule has 5 rings (SSSR count). The number of aryl methyl sites for hydroxylation is 3. The molecule has 0 bridgehead atoms. The van der Waals surface area contributed by atoms with Gasteiger partial charge in [0.25, 0.3) is 0 Å². The Labute approximate surface area is 176 Å². The minimum absolute atomic E-state index is 0.0575. The maximum Gasteiger partial charge on any atom is 0.194 e. The van der Waals surface area contributed by atoms with Gasteiger partial charge in [0.2, 0.25) is 0 Å². The molecule has 30 heavy (non-hydrogen) atoms. The third-order valence-corrected chi connectivity index (χ3v) is 6.41. The summed E-state index contributed by atoms with van der Waals surface area (Å²) in [5, 5.41) is 2.46. The lowest BCUT2D eigenvalue weighted by atomic mass is 9.78. The highest BCUT2D eigenvalue weighted by atomic mass is 16.1. The van der Waals surface area contributed by atoms with Gasteiger partial charge < -0.3 is 0 Å². The third kappa shape index (κ3) is 2.50. The van der Waals surface area contributed by atoms with Crippen molar-refractivity contribution in [2.75, 3.05) is 0 Å². The third-order valence-electron chi connectivity index (χ3n) is 6.41. The number of carbonyl (C=O) groups is 2. The molecule has 2 nitrogen and oxygen atoms in total. The minimum Gasteiger partial charge on any atom is -0.289 e. The first-order valence-corrected chi connectivity index (χ1v) is 10.2. The molecule has 0 unspecified atom stereocenters. The number of hydrogen-bond acceptors (Lipinski definition) is 2. The highest BCUT2D eigenvalue weighted by molar-refractivity contribution is 6.29. The normalized spacial score (nSPS) is 12.8. The van der Waals surface area contributed by atoms with Gasteiger partial charge >= 0.3 is 0 Å². The van der Waals surface area contributed by atoms with Crippen molar-refractivity contribution >= 4 is 22.3 Å². The maximum atomic E-state index is 13.4. The Kier molecular flexibility index (Phi) is 4.01. The van der Waals surface area contributed by atoms with Crippen LogP contribution < -0.4 is 0 Å². The highest BCUT2D eigenvalue weighted by Crippen LogP contribution is 2.37. The van der Waals surface area contributed by atoms with Crippen LogP contribution in [0.4, 0.5) is 0 Å². The van der Waals surface area contributed by atoms with Crippen LogP contribution >= 0.6 is 0 Å². The number of benzene rings is 4. The molecule has 0 N–H and O–H groups in total. The molecule has 2 heteroatoms. The van der Waals surface area contributed by atoms with E-state index in [2.05, 4.69) is 44.2 Å². The molecule has 0 saturated carbocycles. The van der Waals surface area contributed by atoms with E-state index in [-0.39, 0.29) is 11.6 Å². The minimum atomic E-state index is -0.0589. The summed E-state index contributed by atoms with van der Waals surface area (Å²) < 4.78 is 0. The SMILES string of the molecule is Cc1cccc2c1C(=O)c1ccc(-c3cc(C)c4cccc(C)c4c3)c(C)c1C2=O. The summed E-state index contributed by atoms with van der Waals surface area (Å²) in [7, 11) is 0. The van der Waals surface area contributed by atoms with Crippen LogP contribution in [0, 0.1) is 27.7 Å². The van der Waals surface area contributed by atoms with Crippen LogP contribution in [0.1, 0.15) is 54.1 Å². The Hall–Kier alpha value is -3.52. The largest absolute Gasteiger partial charge is 0.289 e. The first-order chi connectivity index (χ1) is 14.4. The summed E-state index contributed by atoms with van der Waals surface area (Å²) in [6.45, 7) is 8.08. The molecule has 1 aliphatic carbocycles. The molecule has 4 aromatic rings. The summed E-state index contributed by atoms with van der Waals surface area (Å²) in [5.41, 5.74) is 8.32. The lowest BCUT2D eigenvalue weighted by Crippen LogP contribution is -2.23. The highest BCUT2D eigenvalue weighted by Gasteiger charge is 2.32. The van der Waals surface area contributed by atoms with Gasteiger partial charge in [-0.1, -0.05) is 48.5 Å². The standard InChI is InChI=1S/C28H22O2/c1-15-7-5-9-20-17(3)13-19(14-24(15)20)21-11-12-23-26(18(21)4)28(30)22-10-6-8-16(2)25(22)27(23)29/h5-14H,1-4H3. The molecule has 4 aromatic carbocycles. The quantitative estimate of drug-likeness (QED) is 0.327. The fourth-order valence-corrected chi connectivity index (χ4v) is 4.81. The lowest BCUT2D eigenvalue weighted by Gasteiger charge is -2.22. The van der Waals surface area contributed by atoms with Crippen molar-refractivity contribution in [2.24, 2.45) is 0 Å². The van der Waals surface area contributed by atoms with Crippen LogP contribution in [0.5, 0.6) is 0 Å². The monoisotopic (exact) mass is 390 g/mol. The molecule has 0 heterocycles. The Morgan fingerprint density at radius 3 is 1.97 bits per heavy atom. The van der Waals surface area contributed by atoms with Crippen LogP contribution in [0.3, 0.4) is 0 Å². The van der Waals surface area contributed by atoms with E-state index in [0.717, 1.165) is 22.3 Å². The van der Waals surface area contributed by atoms with Gasteiger partial charge in [0.15, 0.2) is 11.6 Å². The van der Waals surface area contributed by atoms with E-state index in [0.29, 0.717) is 22.3 Å². The molecular weight excluding hydrogens is 368 g/mol. The van der Waals surface area contributed by atoms with E-state index in [4.69, 9.17) is 0 Å². The van der Waals surface area contributed by atoms with Crippen molar-refractivity contribution in [1.82, 2.24) is 0 Å². The van der Waals surface area contributed by atoms with Gasteiger partial charge in [-0.05, 0) is 84.0 Å². The summed E-state index contributed by atoms with van der Waals surface area (Å²) in [4.78, 5) is 26.6. The molecule has 0 amide bonds. The molecule has 0 atom stereocenters. The van der Waals surface area contributed by atoms with Gasteiger partial charge in [0.1, 0.15) is 0 Å². The van der Waals surface area contributed by atoms with E-state index in [1.54, 1.807) is 6.07 Å². The van der Waals surface area contributed by atoms with Gasteiger partial charge in [-0.3, -0.25) is 9.59 Å². The fourth-order valence-electron chi connectivity index (χ4n) is 4.81. The summed E-state index contributed by atoms with van der Waals surface area (Å²) >= 11 is 0. The van der Waals surface area contributed by atoms with Gasteiger partial charge in [0.05, 0.1) is 0 Å². The number of fused-ring (bicyclic) bond motifs is 3. The molecule has 0 aromatic heterocycles. The Morgan fingerprint density at radius 2 is 1.17 bits per heavy atom. The second kappa shape index (κ2) is 6.50. The molecule has 0 saturated heterocycles. The predicted octanol–water partition coefficient (Wildman–Crippen LogP) is 6.52. The predicted molar refractivity (Wildman–Crippen MR) is 122 cm³/mol. The van der Waals surface area contributed by atoms with E-state index in [1.165, 1.54) is 21.9 Å². The van der Waals surface area contributed by atoms with E-state index < -0.39 is 0 Å². The van der Waals surface area contributed by atoms with Gasteiger partial charge in [-0.2, -0.15) is 0 Å². The molecule has 0 fully saturated rings. The van der Waals surface area contributed by atoms with Crippen molar-refractivity contribution in [2.45, 2.75) is 27.7 Å². The fraction of sp³-hybridized carbons (Fsp3) is 0.143. The number of ketones is 2. The van der Waals surface area contributed by atoms with E-state index in [9.17, 15) is 9.59 Å². The topological polar surface area (TPSA) is 34.1 Å². The van der Waals surface area contributed by atoms with Crippen molar-refractivity contribution in [3.8, 4) is 11.1 Å². The van der Waals surface area contributed by atoms with Crippen molar-refractivity contribution in [3.05, 3.63) is 105 Å². The summed E-state index contributed by atoms with van der Waals surface area (Å²) in [5.74, 6) is -0.116. The molecule has 0 spiro atoms. The molecular formula is C28H22O2. The number of carbonyl (C=O) groups excluding carboxylic acids is 2. The zero-order valence-electron chi connectivity index (χ0n) is 17.6. The summed E-state index contributed by atoms with van der Waals surface area (Å²) in [6.07, 6.45) is 0.